The van der Waals surface area contributed by atoms with Crippen molar-refractivity contribution >= 4 is 28.3 Å². The van der Waals surface area contributed by atoms with E-state index < -0.39 is 0 Å². The van der Waals surface area contributed by atoms with Crippen LogP contribution in [0.4, 0.5) is 5.13 Å². The third kappa shape index (κ3) is 4.77. The number of aromatic nitrogens is 1. The zero-order valence-electron chi connectivity index (χ0n) is 17.6. The van der Waals surface area contributed by atoms with Crippen molar-refractivity contribution in [3.05, 3.63) is 75.8 Å². The average molecular weight is 436 g/mol. The van der Waals surface area contributed by atoms with Crippen LogP contribution in [0, 0.1) is 6.92 Å². The summed E-state index contributed by atoms with van der Waals surface area (Å²) in [6, 6.07) is 15.2. The number of hydrogen-bond acceptors (Lipinski definition) is 5. The molecule has 3 aromatic rings. The zero-order valence-corrected chi connectivity index (χ0v) is 18.4. The van der Waals surface area contributed by atoms with Crippen molar-refractivity contribution in [1.29, 1.82) is 0 Å². The van der Waals surface area contributed by atoms with E-state index in [1.54, 1.807) is 19.2 Å². The molecule has 31 heavy (non-hydrogen) atoms. The van der Waals surface area contributed by atoms with Gasteiger partial charge in [-0.2, -0.15) is 0 Å². The van der Waals surface area contributed by atoms with Crippen molar-refractivity contribution in [2.24, 2.45) is 0 Å². The Morgan fingerprint density at radius 2 is 1.94 bits per heavy atom. The number of amides is 2. The largest absolute Gasteiger partial charge is 0.496 e. The van der Waals surface area contributed by atoms with E-state index in [9.17, 15) is 9.59 Å². The Labute approximate surface area is 185 Å². The molecule has 2 N–H and O–H groups in total. The molecule has 4 rings (SSSR count). The van der Waals surface area contributed by atoms with Crippen molar-refractivity contribution in [3.63, 3.8) is 0 Å². The number of anilines is 1. The summed E-state index contributed by atoms with van der Waals surface area (Å²) in [5.74, 6) is 0.350. The van der Waals surface area contributed by atoms with Crippen LogP contribution in [0.5, 0.6) is 5.75 Å². The molecule has 7 heteroatoms. The molecule has 6 nitrogen and oxygen atoms in total. The smallest absolute Gasteiger partial charge is 0.257 e. The van der Waals surface area contributed by atoms with Gasteiger partial charge in [-0.05, 0) is 49.9 Å². The van der Waals surface area contributed by atoms with Gasteiger partial charge in [-0.1, -0.05) is 35.9 Å². The highest BCUT2D eigenvalue weighted by molar-refractivity contribution is 7.16. The fraction of sp³-hybridized carbons (Fsp3) is 0.292. The van der Waals surface area contributed by atoms with Gasteiger partial charge in [-0.25, -0.2) is 4.98 Å². The number of rotatable bonds is 7. The molecule has 0 radical (unpaired) electrons. The predicted octanol–water partition coefficient (Wildman–Crippen LogP) is 4.10. The van der Waals surface area contributed by atoms with E-state index in [2.05, 4.69) is 15.6 Å². The van der Waals surface area contributed by atoms with Crippen LogP contribution in [0.2, 0.25) is 0 Å². The van der Waals surface area contributed by atoms with E-state index in [4.69, 9.17) is 4.74 Å². The highest BCUT2D eigenvalue weighted by Gasteiger charge is 2.32. The molecular weight excluding hydrogens is 410 g/mol. The van der Waals surface area contributed by atoms with Gasteiger partial charge < -0.3 is 10.1 Å². The Kier molecular flexibility index (Phi) is 6.32. The second-order valence-corrected chi connectivity index (χ2v) is 8.68. The zero-order chi connectivity index (χ0) is 21.8. The fourth-order valence-electron chi connectivity index (χ4n) is 3.76. The second kappa shape index (κ2) is 9.31. The molecule has 1 aliphatic rings. The van der Waals surface area contributed by atoms with Gasteiger partial charge in [-0.3, -0.25) is 14.9 Å². The number of methoxy groups -OCH3 is 1. The standard InChI is InChI=1S/C24H25N3O3S/c1-15-7-9-17(10-8-15)22(28)27-24-26-21-18(11-12-20(21)31-24)23(29)25-14-13-16-5-3-4-6-19(16)30-2/h3-10,18H,11-14H2,1-2H3,(H,25,29)(H,26,27,28)/t18-/m0/s1. The van der Waals surface area contributed by atoms with E-state index >= 15 is 0 Å². The van der Waals surface area contributed by atoms with Crippen LogP contribution in [0.25, 0.3) is 0 Å². The Bertz CT molecular complexity index is 1090. The van der Waals surface area contributed by atoms with E-state index in [0.29, 0.717) is 23.7 Å². The van der Waals surface area contributed by atoms with Crippen molar-refractivity contribution in [2.75, 3.05) is 19.0 Å². The van der Waals surface area contributed by atoms with Gasteiger partial charge in [0.05, 0.1) is 18.7 Å². The highest BCUT2D eigenvalue weighted by atomic mass is 32.1. The number of hydrogen-bond donors (Lipinski definition) is 2. The van der Waals surface area contributed by atoms with Crippen molar-refractivity contribution in [2.45, 2.75) is 32.1 Å². The molecule has 1 heterocycles. The molecule has 0 unspecified atom stereocenters. The molecule has 2 amide bonds. The van der Waals surface area contributed by atoms with Crippen molar-refractivity contribution < 1.29 is 14.3 Å². The molecule has 0 saturated heterocycles. The van der Waals surface area contributed by atoms with Crippen LogP contribution in [-0.2, 0) is 17.6 Å². The number of thiazole rings is 1. The molecule has 2 aromatic carbocycles. The SMILES string of the molecule is COc1ccccc1CCNC(=O)[C@H]1CCc2sc(NC(=O)c3ccc(C)cc3)nc21. The molecule has 1 aliphatic carbocycles. The maximum Gasteiger partial charge on any atom is 0.257 e. The van der Waals surface area contributed by atoms with Crippen molar-refractivity contribution in [3.8, 4) is 5.75 Å². The molecular formula is C24H25N3O3S. The molecule has 0 fully saturated rings. The maximum atomic E-state index is 12.8. The number of aryl methyl sites for hydroxylation is 2. The monoisotopic (exact) mass is 435 g/mol. The molecule has 0 bridgehead atoms. The van der Waals surface area contributed by atoms with E-state index in [0.717, 1.165) is 40.3 Å². The molecule has 1 aromatic heterocycles. The summed E-state index contributed by atoms with van der Waals surface area (Å²) in [7, 11) is 1.65. The van der Waals surface area contributed by atoms with Gasteiger partial charge in [0.1, 0.15) is 5.75 Å². The first kappa shape index (κ1) is 21.1. The van der Waals surface area contributed by atoms with Gasteiger partial charge >= 0.3 is 0 Å². The van der Waals surface area contributed by atoms with E-state index in [-0.39, 0.29) is 17.7 Å². The Morgan fingerprint density at radius 1 is 1.16 bits per heavy atom. The lowest BCUT2D eigenvalue weighted by molar-refractivity contribution is -0.122. The summed E-state index contributed by atoms with van der Waals surface area (Å²) in [6.07, 6.45) is 2.25. The number of carbonyl (C=O) groups is 2. The summed E-state index contributed by atoms with van der Waals surface area (Å²) in [6.45, 7) is 2.51. The van der Waals surface area contributed by atoms with Crippen LogP contribution in [0.1, 0.15) is 44.4 Å². The van der Waals surface area contributed by atoms with Crippen LogP contribution in [0.15, 0.2) is 48.5 Å². The average Bonchev–Trinajstić information content (AvgIpc) is 3.34. The quantitative estimate of drug-likeness (QED) is 0.586. The Balaban J connectivity index is 1.36. The number of para-hydroxylation sites is 1. The van der Waals surface area contributed by atoms with Crippen LogP contribution in [-0.4, -0.2) is 30.5 Å². The normalized spacial score (nSPS) is 14.7. The lowest BCUT2D eigenvalue weighted by Crippen LogP contribution is -2.30. The van der Waals surface area contributed by atoms with Crippen molar-refractivity contribution in [1.82, 2.24) is 10.3 Å². The number of fused-ring (bicyclic) bond motifs is 1. The third-order valence-corrected chi connectivity index (χ3v) is 6.50. The fourth-order valence-corrected chi connectivity index (χ4v) is 4.80. The van der Waals surface area contributed by atoms with Gasteiger partial charge in [0, 0.05) is 17.0 Å². The number of ether oxygens (including phenoxy) is 1. The first-order valence-electron chi connectivity index (χ1n) is 10.3. The van der Waals surface area contributed by atoms with Gasteiger partial charge in [0.25, 0.3) is 5.91 Å². The Morgan fingerprint density at radius 3 is 2.71 bits per heavy atom. The molecule has 0 aliphatic heterocycles. The maximum absolute atomic E-state index is 12.8. The van der Waals surface area contributed by atoms with Gasteiger partial charge in [-0.15, -0.1) is 11.3 Å². The summed E-state index contributed by atoms with van der Waals surface area (Å²) in [4.78, 5) is 30.9. The lowest BCUT2D eigenvalue weighted by atomic mass is 10.1. The van der Waals surface area contributed by atoms with Crippen LogP contribution >= 0.6 is 11.3 Å². The Hall–Kier alpha value is -3.19. The summed E-state index contributed by atoms with van der Waals surface area (Å²) in [5.41, 5.74) is 3.54. The third-order valence-electron chi connectivity index (χ3n) is 5.45. The lowest BCUT2D eigenvalue weighted by Gasteiger charge is -2.12. The van der Waals surface area contributed by atoms with Gasteiger partial charge in [0.2, 0.25) is 5.91 Å². The number of carbonyl (C=O) groups excluding carboxylic acids is 2. The minimum Gasteiger partial charge on any atom is -0.496 e. The number of benzene rings is 2. The minimum atomic E-state index is -0.269. The topological polar surface area (TPSA) is 80.3 Å². The first-order valence-corrected chi connectivity index (χ1v) is 11.1. The van der Waals surface area contributed by atoms with E-state index in [1.807, 2.05) is 43.3 Å². The number of nitrogens with one attached hydrogen (secondary N) is 2. The summed E-state index contributed by atoms with van der Waals surface area (Å²) in [5, 5.41) is 6.44. The van der Waals surface area contributed by atoms with E-state index in [1.165, 1.54) is 11.3 Å². The molecule has 0 spiro atoms. The molecule has 0 saturated carbocycles. The van der Waals surface area contributed by atoms with Crippen LogP contribution in [0.3, 0.4) is 0 Å². The number of nitrogens with zero attached hydrogens (tertiary/aromatic N) is 1. The molecule has 1 atom stereocenters. The summed E-state index contributed by atoms with van der Waals surface area (Å²) < 4.78 is 5.37. The minimum absolute atomic E-state index is 0.0182. The first-order chi connectivity index (χ1) is 15.0. The second-order valence-electron chi connectivity index (χ2n) is 7.59. The van der Waals surface area contributed by atoms with Gasteiger partial charge in [0.15, 0.2) is 5.13 Å². The molecule has 160 valence electrons. The summed E-state index contributed by atoms with van der Waals surface area (Å²) >= 11 is 1.46. The highest BCUT2D eigenvalue weighted by Crippen LogP contribution is 2.38. The predicted molar refractivity (Wildman–Crippen MR) is 122 cm³/mol. The van der Waals surface area contributed by atoms with Crippen LogP contribution < -0.4 is 15.4 Å².